The highest BCUT2D eigenvalue weighted by Gasteiger charge is 2.03. The average molecular weight is 185 g/mol. The molecule has 0 atom stereocenters. The summed E-state index contributed by atoms with van der Waals surface area (Å²) in [5.41, 5.74) is 1.01. The lowest BCUT2D eigenvalue weighted by molar-refractivity contribution is 1.22. The van der Waals surface area contributed by atoms with Crippen molar-refractivity contribution < 1.29 is 0 Å². The second kappa shape index (κ2) is 2.50. The molecule has 0 saturated carbocycles. The smallest absolute Gasteiger partial charge is 0.116 e. The van der Waals surface area contributed by atoms with E-state index in [1.165, 1.54) is 10.1 Å². The Bertz CT molecular complexity index is 521. The number of fused-ring (bicyclic) bond motifs is 3. The predicted octanol–water partition coefficient (Wildman–Crippen LogP) is 2.64. The fraction of sp³-hybridized carbons (Fsp3) is 0. The van der Waals surface area contributed by atoms with Gasteiger partial charge in [0.15, 0.2) is 0 Å². The summed E-state index contributed by atoms with van der Waals surface area (Å²) in [4.78, 5) is 8.12. The Morgan fingerprint density at radius 3 is 3.15 bits per heavy atom. The van der Waals surface area contributed by atoms with E-state index in [0.29, 0.717) is 0 Å². The minimum Gasteiger partial charge on any atom is -0.235 e. The van der Waals surface area contributed by atoms with Crippen LogP contribution in [0.5, 0.6) is 0 Å². The highest BCUT2D eigenvalue weighted by molar-refractivity contribution is 7.25. The molecular weight excluding hydrogens is 180 g/mol. The Balaban J connectivity index is 2.64. The van der Waals surface area contributed by atoms with Crippen molar-refractivity contribution in [2.45, 2.75) is 0 Å². The fourth-order valence-electron chi connectivity index (χ4n) is 1.41. The molecule has 0 fully saturated rings. The van der Waals surface area contributed by atoms with Gasteiger partial charge in [0.05, 0.1) is 10.2 Å². The zero-order chi connectivity index (χ0) is 8.67. The van der Waals surface area contributed by atoms with E-state index in [2.05, 4.69) is 28.3 Å². The van der Waals surface area contributed by atoms with Crippen molar-refractivity contribution in [3.8, 4) is 0 Å². The monoisotopic (exact) mass is 185 g/mol. The van der Waals surface area contributed by atoms with Crippen LogP contribution in [0.15, 0.2) is 30.6 Å². The summed E-state index contributed by atoms with van der Waals surface area (Å²) >= 11 is 1.68. The Morgan fingerprint density at radius 2 is 2.15 bits per heavy atom. The average Bonchev–Trinajstić information content (AvgIpc) is 2.56. The first-order valence-corrected chi connectivity index (χ1v) is 4.77. The maximum absolute atomic E-state index is 4.24. The second-order valence-electron chi connectivity index (χ2n) is 2.76. The van der Waals surface area contributed by atoms with Crippen molar-refractivity contribution in [1.29, 1.82) is 0 Å². The van der Waals surface area contributed by atoms with Crippen LogP contribution in [-0.4, -0.2) is 9.97 Å². The molecule has 0 unspecified atom stereocenters. The normalized spacial score (nSPS) is 11.1. The third-order valence-electron chi connectivity index (χ3n) is 1.98. The van der Waals surface area contributed by atoms with Crippen LogP contribution in [0.3, 0.4) is 0 Å². The molecule has 61 valence electrons. The summed E-state index contributed by atoms with van der Waals surface area (Å²) in [6.45, 7) is 0. The van der Waals surface area contributed by atoms with Crippen molar-refractivity contribution >= 4 is 31.6 Å². The second-order valence-corrected chi connectivity index (χ2v) is 3.81. The van der Waals surface area contributed by atoms with E-state index in [0.717, 1.165) is 10.2 Å². The van der Waals surface area contributed by atoms with Gasteiger partial charge < -0.3 is 0 Å². The van der Waals surface area contributed by atoms with Gasteiger partial charge in [-0.25, -0.2) is 9.97 Å². The maximum atomic E-state index is 4.24. The van der Waals surface area contributed by atoms with Crippen LogP contribution >= 0.6 is 11.3 Å². The molecule has 3 rings (SSSR count). The van der Waals surface area contributed by atoms with Crippen LogP contribution in [0.4, 0.5) is 0 Å². The molecule has 0 bridgehead atoms. The standard InChI is InChI=1S/C10H5N2S/c1-2-4-8-7(3-1)10-9(13-8)5-11-6-12-10/h1-4,6H. The van der Waals surface area contributed by atoms with E-state index in [-0.39, 0.29) is 0 Å². The highest BCUT2D eigenvalue weighted by atomic mass is 32.1. The number of thiophene rings is 1. The van der Waals surface area contributed by atoms with E-state index < -0.39 is 0 Å². The predicted molar refractivity (Wildman–Crippen MR) is 53.8 cm³/mol. The van der Waals surface area contributed by atoms with Crippen molar-refractivity contribution in [3.63, 3.8) is 0 Å². The summed E-state index contributed by atoms with van der Waals surface area (Å²) in [6.07, 6.45) is 4.49. The first-order valence-electron chi connectivity index (χ1n) is 3.95. The maximum Gasteiger partial charge on any atom is 0.116 e. The Kier molecular flexibility index (Phi) is 1.34. The molecule has 2 nitrogen and oxygen atoms in total. The zero-order valence-electron chi connectivity index (χ0n) is 6.69. The molecule has 0 N–H and O–H groups in total. The summed E-state index contributed by atoms with van der Waals surface area (Å²) < 4.78 is 2.28. The van der Waals surface area contributed by atoms with E-state index >= 15 is 0 Å². The van der Waals surface area contributed by atoms with Gasteiger partial charge in [-0.1, -0.05) is 18.2 Å². The summed E-state index contributed by atoms with van der Waals surface area (Å²) in [7, 11) is 0. The number of rotatable bonds is 0. The largest absolute Gasteiger partial charge is 0.235 e. The highest BCUT2D eigenvalue weighted by Crippen LogP contribution is 2.30. The number of hydrogen-bond acceptors (Lipinski definition) is 3. The molecule has 0 aliphatic rings. The Morgan fingerprint density at radius 1 is 1.23 bits per heavy atom. The molecule has 1 aromatic carbocycles. The van der Waals surface area contributed by atoms with E-state index in [9.17, 15) is 0 Å². The molecule has 1 radical (unpaired) electrons. The van der Waals surface area contributed by atoms with Crippen LogP contribution in [-0.2, 0) is 0 Å². The summed E-state index contributed by atoms with van der Waals surface area (Å²) in [5, 5.41) is 1.20. The number of nitrogens with zero attached hydrogens (tertiary/aromatic N) is 2. The molecule has 0 aliphatic carbocycles. The molecule has 0 saturated heterocycles. The molecular formula is C10H5N2S. The van der Waals surface area contributed by atoms with E-state index in [1.807, 2.05) is 12.1 Å². The van der Waals surface area contributed by atoms with Crippen molar-refractivity contribution in [2.24, 2.45) is 0 Å². The van der Waals surface area contributed by atoms with Gasteiger partial charge in [0.1, 0.15) is 12.5 Å². The number of hydrogen-bond donors (Lipinski definition) is 0. The van der Waals surface area contributed by atoms with Gasteiger partial charge in [0.25, 0.3) is 0 Å². The van der Waals surface area contributed by atoms with Crippen LogP contribution in [0, 0.1) is 6.20 Å². The molecule has 2 heterocycles. The molecule has 0 amide bonds. The van der Waals surface area contributed by atoms with Crippen molar-refractivity contribution in [2.75, 3.05) is 0 Å². The van der Waals surface area contributed by atoms with Gasteiger partial charge in [0, 0.05) is 10.1 Å². The van der Waals surface area contributed by atoms with Crippen LogP contribution in [0.25, 0.3) is 20.3 Å². The minimum absolute atomic E-state index is 1.01. The van der Waals surface area contributed by atoms with E-state index in [1.54, 1.807) is 17.7 Å². The third kappa shape index (κ3) is 0.939. The Labute approximate surface area is 78.9 Å². The van der Waals surface area contributed by atoms with Gasteiger partial charge in [-0.2, -0.15) is 0 Å². The molecule has 3 aromatic rings. The number of benzene rings is 1. The van der Waals surface area contributed by atoms with Gasteiger partial charge >= 0.3 is 0 Å². The lowest BCUT2D eigenvalue weighted by Crippen LogP contribution is -1.75. The van der Waals surface area contributed by atoms with Gasteiger partial charge in [0.2, 0.25) is 0 Å². The topological polar surface area (TPSA) is 25.8 Å². The minimum atomic E-state index is 1.01. The van der Waals surface area contributed by atoms with Crippen LogP contribution in [0.2, 0.25) is 0 Å². The third-order valence-corrected chi connectivity index (χ3v) is 3.04. The van der Waals surface area contributed by atoms with Crippen molar-refractivity contribution in [3.05, 3.63) is 36.8 Å². The molecule has 13 heavy (non-hydrogen) atoms. The Hall–Kier alpha value is -1.48. The molecule has 0 spiro atoms. The fourth-order valence-corrected chi connectivity index (χ4v) is 2.41. The first-order chi connectivity index (χ1) is 6.45. The quantitative estimate of drug-likeness (QED) is 0.538. The van der Waals surface area contributed by atoms with Gasteiger partial charge in [-0.3, -0.25) is 0 Å². The van der Waals surface area contributed by atoms with Crippen LogP contribution < -0.4 is 0 Å². The van der Waals surface area contributed by atoms with Crippen LogP contribution in [0.1, 0.15) is 0 Å². The zero-order valence-corrected chi connectivity index (χ0v) is 7.51. The summed E-state index contributed by atoms with van der Waals surface area (Å²) in [5.74, 6) is 0. The summed E-state index contributed by atoms with van der Waals surface area (Å²) in [6, 6.07) is 8.23. The molecule has 0 aliphatic heterocycles. The molecule has 2 aromatic heterocycles. The lowest BCUT2D eigenvalue weighted by Gasteiger charge is -1.86. The van der Waals surface area contributed by atoms with E-state index in [4.69, 9.17) is 0 Å². The first kappa shape index (κ1) is 6.97. The lowest BCUT2D eigenvalue weighted by atomic mass is 10.2. The molecule has 3 heteroatoms. The number of aromatic nitrogens is 2. The van der Waals surface area contributed by atoms with Gasteiger partial charge in [-0.15, -0.1) is 11.3 Å². The SMILES string of the molecule is [c]1ncnc2c1sc1ccccc12. The van der Waals surface area contributed by atoms with Gasteiger partial charge in [-0.05, 0) is 6.07 Å². The van der Waals surface area contributed by atoms with Crippen molar-refractivity contribution in [1.82, 2.24) is 9.97 Å².